The molecule has 0 bridgehead atoms. The van der Waals surface area contributed by atoms with Gasteiger partial charge in [-0.1, -0.05) is 11.6 Å². The van der Waals surface area contributed by atoms with E-state index in [1.165, 1.54) is 12.4 Å². The predicted molar refractivity (Wildman–Crippen MR) is 53.8 cm³/mol. The fraction of sp³-hybridized carbons (Fsp3) is 0.400. The molecule has 0 atom stereocenters. The van der Waals surface area contributed by atoms with Crippen LogP contribution in [0.3, 0.4) is 0 Å². The van der Waals surface area contributed by atoms with E-state index in [1.807, 2.05) is 0 Å². The first-order chi connectivity index (χ1) is 7.06. The van der Waals surface area contributed by atoms with Gasteiger partial charge < -0.3 is 10.2 Å². The number of nitrogens with zero attached hydrogens (tertiary/aromatic N) is 1. The van der Waals surface area contributed by atoms with Crippen molar-refractivity contribution in [2.75, 3.05) is 0 Å². The van der Waals surface area contributed by atoms with E-state index in [-0.39, 0.29) is 12.8 Å². The number of aliphatic carboxylic acids is 1. The average Bonchev–Trinajstić information content (AvgIpc) is 2.13. The van der Waals surface area contributed by atoms with E-state index in [1.54, 1.807) is 6.07 Å². The van der Waals surface area contributed by atoms with Crippen LogP contribution in [0.25, 0.3) is 0 Å². The van der Waals surface area contributed by atoms with Crippen molar-refractivity contribution in [3.8, 4) is 0 Å². The maximum atomic E-state index is 11.2. The summed E-state index contributed by atoms with van der Waals surface area (Å²) in [5.74, 6) is -0.944. The van der Waals surface area contributed by atoms with Crippen molar-refractivity contribution < 1.29 is 15.0 Å². The summed E-state index contributed by atoms with van der Waals surface area (Å²) in [4.78, 5) is 15.0. The average molecular weight is 228 g/mol. The topological polar surface area (TPSA) is 70.4 Å². The molecule has 0 radical (unpaired) electrons. The molecule has 0 saturated heterocycles. The Morgan fingerprint density at radius 2 is 2.27 bits per heavy atom. The highest BCUT2D eigenvalue weighted by molar-refractivity contribution is 6.31. The van der Waals surface area contributed by atoms with Crippen LogP contribution in [0.1, 0.15) is 18.4 Å². The van der Waals surface area contributed by atoms with E-state index < -0.39 is 17.5 Å². The van der Waals surface area contributed by atoms with Crippen LogP contribution in [0.15, 0.2) is 18.5 Å². The molecule has 0 aliphatic heterocycles. The zero-order chi connectivity index (χ0) is 11.1. The highest BCUT2D eigenvalue weighted by Gasteiger charge is 2.52. The second kappa shape index (κ2) is 3.47. The van der Waals surface area contributed by atoms with E-state index >= 15 is 0 Å². The van der Waals surface area contributed by atoms with E-state index in [0.717, 1.165) is 0 Å². The molecule has 15 heavy (non-hydrogen) atoms. The molecule has 0 unspecified atom stereocenters. The largest absolute Gasteiger partial charge is 0.481 e. The number of carboxylic acids is 1. The molecule has 1 aromatic heterocycles. The number of aromatic nitrogens is 1. The normalized spacial score (nSPS) is 29.6. The zero-order valence-corrected chi connectivity index (χ0v) is 8.61. The van der Waals surface area contributed by atoms with Gasteiger partial charge in [0.25, 0.3) is 0 Å². The van der Waals surface area contributed by atoms with Gasteiger partial charge in [-0.2, -0.15) is 0 Å². The Balaban J connectivity index is 2.43. The van der Waals surface area contributed by atoms with Gasteiger partial charge in [0.1, 0.15) is 0 Å². The molecule has 1 aromatic rings. The van der Waals surface area contributed by atoms with Crippen LogP contribution < -0.4 is 0 Å². The van der Waals surface area contributed by atoms with Crippen molar-refractivity contribution in [2.24, 2.45) is 0 Å². The molecule has 1 aliphatic rings. The smallest absolute Gasteiger partial charge is 0.314 e. The quantitative estimate of drug-likeness (QED) is 0.797. The van der Waals surface area contributed by atoms with Crippen LogP contribution in [-0.2, 0) is 10.2 Å². The van der Waals surface area contributed by atoms with Gasteiger partial charge in [0.05, 0.1) is 16.5 Å². The molecule has 1 saturated carbocycles. The summed E-state index contributed by atoms with van der Waals surface area (Å²) in [6, 6.07) is 1.60. The first-order valence-corrected chi connectivity index (χ1v) is 4.95. The van der Waals surface area contributed by atoms with E-state index in [4.69, 9.17) is 11.6 Å². The lowest BCUT2D eigenvalue weighted by Crippen LogP contribution is -2.50. The number of carbonyl (C=O) groups is 1. The van der Waals surface area contributed by atoms with Crippen molar-refractivity contribution in [2.45, 2.75) is 24.4 Å². The van der Waals surface area contributed by atoms with Crippen molar-refractivity contribution in [1.82, 2.24) is 4.98 Å². The third-order valence-electron chi connectivity index (χ3n) is 2.87. The zero-order valence-electron chi connectivity index (χ0n) is 7.85. The molecule has 1 fully saturated rings. The number of hydrogen-bond donors (Lipinski definition) is 2. The molecule has 1 heterocycles. The van der Waals surface area contributed by atoms with Gasteiger partial charge in [0.2, 0.25) is 0 Å². The number of hydrogen-bond acceptors (Lipinski definition) is 3. The molecule has 80 valence electrons. The highest BCUT2D eigenvalue weighted by Crippen LogP contribution is 2.46. The fourth-order valence-electron chi connectivity index (χ4n) is 2.02. The SMILES string of the molecule is O=C(O)C1(c2ccncc2Cl)CC(O)C1. The fourth-order valence-corrected chi connectivity index (χ4v) is 2.32. The van der Waals surface area contributed by atoms with Crippen LogP contribution in [0.5, 0.6) is 0 Å². The summed E-state index contributed by atoms with van der Waals surface area (Å²) < 4.78 is 0. The summed E-state index contributed by atoms with van der Waals surface area (Å²) in [5.41, 5.74) is -0.489. The summed E-state index contributed by atoms with van der Waals surface area (Å²) in [5, 5.41) is 18.8. The Hall–Kier alpha value is -1.13. The summed E-state index contributed by atoms with van der Waals surface area (Å²) in [6.45, 7) is 0. The van der Waals surface area contributed by atoms with Gasteiger partial charge in [-0.25, -0.2) is 0 Å². The Morgan fingerprint density at radius 3 is 2.73 bits per heavy atom. The minimum Gasteiger partial charge on any atom is -0.481 e. The lowest BCUT2D eigenvalue weighted by atomic mass is 9.63. The summed E-state index contributed by atoms with van der Waals surface area (Å²) >= 11 is 5.91. The maximum Gasteiger partial charge on any atom is 0.314 e. The molecule has 2 N–H and O–H groups in total. The lowest BCUT2D eigenvalue weighted by Gasteiger charge is -2.42. The highest BCUT2D eigenvalue weighted by atomic mass is 35.5. The minimum absolute atomic E-state index is 0.214. The third-order valence-corrected chi connectivity index (χ3v) is 3.17. The van der Waals surface area contributed by atoms with Crippen LogP contribution in [-0.4, -0.2) is 27.3 Å². The van der Waals surface area contributed by atoms with Crippen LogP contribution >= 0.6 is 11.6 Å². The molecule has 0 amide bonds. The van der Waals surface area contributed by atoms with Crippen LogP contribution in [0.4, 0.5) is 0 Å². The molecule has 1 aliphatic carbocycles. The van der Waals surface area contributed by atoms with Gasteiger partial charge in [0.15, 0.2) is 0 Å². The van der Waals surface area contributed by atoms with Gasteiger partial charge >= 0.3 is 5.97 Å². The summed E-state index contributed by atoms with van der Waals surface area (Å²) in [7, 11) is 0. The molecule has 2 rings (SSSR count). The molecular formula is C10H10ClNO3. The third kappa shape index (κ3) is 1.50. The summed E-state index contributed by atoms with van der Waals surface area (Å²) in [6.07, 6.45) is 2.81. The monoisotopic (exact) mass is 227 g/mol. The van der Waals surface area contributed by atoms with E-state index in [0.29, 0.717) is 10.6 Å². The van der Waals surface area contributed by atoms with E-state index in [2.05, 4.69) is 4.98 Å². The Morgan fingerprint density at radius 1 is 1.60 bits per heavy atom. The molecular weight excluding hydrogens is 218 g/mol. The molecule has 5 heteroatoms. The molecule has 0 aromatic carbocycles. The number of carboxylic acid groups (broad SMARTS) is 1. The number of halogens is 1. The Bertz CT molecular complexity index is 401. The van der Waals surface area contributed by atoms with E-state index in [9.17, 15) is 15.0 Å². The van der Waals surface area contributed by atoms with Gasteiger partial charge in [-0.15, -0.1) is 0 Å². The van der Waals surface area contributed by atoms with Crippen LogP contribution in [0.2, 0.25) is 5.02 Å². The first kappa shape index (κ1) is 10.4. The maximum absolute atomic E-state index is 11.2. The lowest BCUT2D eigenvalue weighted by molar-refractivity contribution is -0.152. The minimum atomic E-state index is -1.03. The predicted octanol–water partition coefficient (Wildman–Crippen LogP) is 1.21. The van der Waals surface area contributed by atoms with Crippen molar-refractivity contribution in [1.29, 1.82) is 0 Å². The molecule has 0 spiro atoms. The number of pyridine rings is 1. The van der Waals surface area contributed by atoms with Crippen molar-refractivity contribution in [3.63, 3.8) is 0 Å². The van der Waals surface area contributed by atoms with Crippen LogP contribution in [0, 0.1) is 0 Å². The van der Waals surface area contributed by atoms with Gasteiger partial charge in [0, 0.05) is 12.4 Å². The number of aliphatic hydroxyl groups is 1. The van der Waals surface area contributed by atoms with Gasteiger partial charge in [-0.05, 0) is 24.5 Å². The van der Waals surface area contributed by atoms with Gasteiger partial charge in [-0.3, -0.25) is 9.78 Å². The standard InChI is InChI=1S/C10H10ClNO3/c11-8-5-12-2-1-7(8)10(9(14)15)3-6(13)4-10/h1-2,5-6,13H,3-4H2,(H,14,15). The second-order valence-corrected chi connectivity index (χ2v) is 4.21. The molecule has 4 nitrogen and oxygen atoms in total. The number of rotatable bonds is 2. The van der Waals surface area contributed by atoms with Crippen molar-refractivity contribution in [3.05, 3.63) is 29.0 Å². The van der Waals surface area contributed by atoms with Crippen molar-refractivity contribution >= 4 is 17.6 Å². The first-order valence-electron chi connectivity index (χ1n) is 4.58. The Kier molecular flexibility index (Phi) is 2.40. The Labute approximate surface area is 91.5 Å². The second-order valence-electron chi connectivity index (χ2n) is 3.80. The number of aliphatic hydroxyl groups excluding tert-OH is 1.